The molecule has 104 valence electrons. The Balaban J connectivity index is 2.35. The molecule has 0 aromatic carbocycles. The van der Waals surface area contributed by atoms with Gasteiger partial charge in [0.1, 0.15) is 0 Å². The molecular weight excluding hydrogens is 324 g/mol. The molecule has 0 fully saturated rings. The summed E-state index contributed by atoms with van der Waals surface area (Å²) in [4.78, 5) is 2.72. The van der Waals surface area contributed by atoms with Gasteiger partial charge in [-0.3, -0.25) is 0 Å². The Hall–Kier alpha value is -0.720. The van der Waals surface area contributed by atoms with E-state index in [0.717, 1.165) is 29.7 Å². The van der Waals surface area contributed by atoms with E-state index in [1.54, 1.807) is 0 Å². The Bertz CT molecular complexity index is 515. The van der Waals surface area contributed by atoms with Crippen molar-refractivity contribution in [1.29, 1.82) is 0 Å². The average Bonchev–Trinajstić information content (AvgIpc) is 3.00. The van der Waals surface area contributed by atoms with Crippen LogP contribution in [0.4, 0.5) is 0 Å². The fraction of sp³-hybridized carbons (Fsp3) is 0.538. The van der Waals surface area contributed by atoms with E-state index < -0.39 is 0 Å². The summed E-state index contributed by atoms with van der Waals surface area (Å²) in [5, 5.41) is 11.8. The molecule has 1 unspecified atom stereocenters. The lowest BCUT2D eigenvalue weighted by atomic mass is 10.1. The molecule has 6 heteroatoms. The minimum atomic E-state index is 0.152. The van der Waals surface area contributed by atoms with Crippen molar-refractivity contribution in [1.82, 2.24) is 20.3 Å². The summed E-state index contributed by atoms with van der Waals surface area (Å²) in [6, 6.07) is 4.56. The highest BCUT2D eigenvalue weighted by atomic mass is 79.9. The molecule has 19 heavy (non-hydrogen) atoms. The predicted octanol–water partition coefficient (Wildman–Crippen LogP) is 3.29. The second kappa shape index (κ2) is 6.63. The zero-order valence-corrected chi connectivity index (χ0v) is 13.9. The third-order valence-electron chi connectivity index (χ3n) is 3.01. The Morgan fingerprint density at radius 2 is 2.21 bits per heavy atom. The molecule has 1 atom stereocenters. The van der Waals surface area contributed by atoms with Gasteiger partial charge in [0.2, 0.25) is 0 Å². The highest BCUT2D eigenvalue weighted by Crippen LogP contribution is 2.31. The van der Waals surface area contributed by atoms with Crippen LogP contribution in [0.2, 0.25) is 0 Å². The van der Waals surface area contributed by atoms with Crippen LogP contribution in [0.15, 0.2) is 16.7 Å². The van der Waals surface area contributed by atoms with Crippen molar-refractivity contribution in [2.45, 2.75) is 32.7 Å². The van der Waals surface area contributed by atoms with Crippen LogP contribution in [0, 0.1) is 0 Å². The second-order valence-corrected chi connectivity index (χ2v) is 6.38. The molecular formula is C13H19BrN4S. The first-order valence-electron chi connectivity index (χ1n) is 6.54. The molecule has 0 spiro atoms. The van der Waals surface area contributed by atoms with E-state index in [1.165, 1.54) is 9.75 Å². The maximum Gasteiger partial charge on any atom is 0.153 e. The molecule has 0 aliphatic rings. The van der Waals surface area contributed by atoms with Crippen molar-refractivity contribution in [3.63, 3.8) is 0 Å². The van der Waals surface area contributed by atoms with E-state index in [2.05, 4.69) is 57.5 Å². The SMILES string of the molecule is CCCNC(c1ccc(CC)s1)c1c(Br)nnn1C. The normalized spacial score (nSPS) is 12.8. The number of rotatable bonds is 6. The largest absolute Gasteiger partial charge is 0.304 e. The van der Waals surface area contributed by atoms with Crippen LogP contribution in [0.1, 0.15) is 41.8 Å². The van der Waals surface area contributed by atoms with Crippen LogP contribution in [-0.4, -0.2) is 21.5 Å². The fourth-order valence-electron chi connectivity index (χ4n) is 2.01. The maximum absolute atomic E-state index is 4.09. The highest BCUT2D eigenvalue weighted by molar-refractivity contribution is 9.10. The molecule has 0 aliphatic heterocycles. The number of aromatic nitrogens is 3. The van der Waals surface area contributed by atoms with Gasteiger partial charge in [-0.15, -0.1) is 16.4 Å². The molecule has 2 heterocycles. The van der Waals surface area contributed by atoms with Crippen molar-refractivity contribution in [2.24, 2.45) is 7.05 Å². The summed E-state index contributed by atoms with van der Waals surface area (Å²) in [5.41, 5.74) is 1.08. The molecule has 2 aromatic heterocycles. The van der Waals surface area contributed by atoms with E-state index in [0.29, 0.717) is 0 Å². The number of halogens is 1. The fourth-order valence-corrected chi connectivity index (χ4v) is 3.59. The molecule has 2 rings (SSSR count). The summed E-state index contributed by atoms with van der Waals surface area (Å²) in [6.07, 6.45) is 2.18. The number of aryl methyl sites for hydroxylation is 2. The third kappa shape index (κ3) is 3.24. The van der Waals surface area contributed by atoms with E-state index in [-0.39, 0.29) is 6.04 Å². The quantitative estimate of drug-likeness (QED) is 0.875. The molecule has 0 amide bonds. The lowest BCUT2D eigenvalue weighted by Gasteiger charge is -2.17. The number of hydrogen-bond donors (Lipinski definition) is 1. The summed E-state index contributed by atoms with van der Waals surface area (Å²) in [5.74, 6) is 0. The third-order valence-corrected chi connectivity index (χ3v) is 4.87. The monoisotopic (exact) mass is 342 g/mol. The van der Waals surface area contributed by atoms with Gasteiger partial charge in [-0.1, -0.05) is 19.1 Å². The molecule has 1 N–H and O–H groups in total. The van der Waals surface area contributed by atoms with Gasteiger partial charge in [0.25, 0.3) is 0 Å². The minimum Gasteiger partial charge on any atom is -0.304 e. The second-order valence-electron chi connectivity index (χ2n) is 4.43. The predicted molar refractivity (Wildman–Crippen MR) is 82.5 cm³/mol. The van der Waals surface area contributed by atoms with Gasteiger partial charge in [0.15, 0.2) is 4.60 Å². The van der Waals surface area contributed by atoms with Gasteiger partial charge >= 0.3 is 0 Å². The van der Waals surface area contributed by atoms with E-state index in [1.807, 2.05) is 23.1 Å². The first kappa shape index (κ1) is 14.7. The number of thiophene rings is 1. The topological polar surface area (TPSA) is 42.7 Å². The lowest BCUT2D eigenvalue weighted by molar-refractivity contribution is 0.555. The van der Waals surface area contributed by atoms with Crippen molar-refractivity contribution in [2.75, 3.05) is 6.54 Å². The molecule has 0 saturated heterocycles. The van der Waals surface area contributed by atoms with E-state index in [4.69, 9.17) is 0 Å². The molecule has 0 saturated carbocycles. The molecule has 4 nitrogen and oxygen atoms in total. The zero-order chi connectivity index (χ0) is 13.8. The van der Waals surface area contributed by atoms with Gasteiger partial charge < -0.3 is 5.32 Å². The van der Waals surface area contributed by atoms with Crippen LogP contribution in [0.5, 0.6) is 0 Å². The maximum atomic E-state index is 4.09. The van der Waals surface area contributed by atoms with Crippen molar-refractivity contribution in [3.05, 3.63) is 32.2 Å². The Labute approximate surface area is 126 Å². The van der Waals surface area contributed by atoms with Crippen LogP contribution >= 0.6 is 27.3 Å². The summed E-state index contributed by atoms with van der Waals surface area (Å²) < 4.78 is 2.65. The van der Waals surface area contributed by atoms with E-state index >= 15 is 0 Å². The number of hydrogen-bond acceptors (Lipinski definition) is 4. The van der Waals surface area contributed by atoms with Crippen LogP contribution in [0.25, 0.3) is 0 Å². The standard InChI is InChI=1S/C13H19BrN4S/c1-4-8-15-11(10-7-6-9(5-2)19-10)12-13(14)16-17-18(12)3/h6-7,11,15H,4-5,8H2,1-3H3. The Morgan fingerprint density at radius 3 is 2.74 bits per heavy atom. The zero-order valence-electron chi connectivity index (χ0n) is 11.5. The first-order valence-corrected chi connectivity index (χ1v) is 8.15. The Kier molecular flexibility index (Phi) is 5.13. The summed E-state index contributed by atoms with van der Waals surface area (Å²) in [7, 11) is 1.93. The van der Waals surface area contributed by atoms with Crippen molar-refractivity contribution in [3.8, 4) is 0 Å². The van der Waals surface area contributed by atoms with Gasteiger partial charge in [0.05, 0.1) is 11.7 Å². The molecule has 0 radical (unpaired) electrons. The highest BCUT2D eigenvalue weighted by Gasteiger charge is 2.22. The smallest absolute Gasteiger partial charge is 0.153 e. The van der Waals surface area contributed by atoms with Gasteiger partial charge in [-0.25, -0.2) is 4.68 Å². The number of nitrogens with zero attached hydrogens (tertiary/aromatic N) is 3. The molecule has 0 bridgehead atoms. The average molecular weight is 343 g/mol. The van der Waals surface area contributed by atoms with Crippen molar-refractivity contribution < 1.29 is 0 Å². The summed E-state index contributed by atoms with van der Waals surface area (Å²) in [6.45, 7) is 5.33. The Morgan fingerprint density at radius 1 is 1.42 bits per heavy atom. The van der Waals surface area contributed by atoms with Gasteiger partial charge in [0, 0.05) is 16.8 Å². The lowest BCUT2D eigenvalue weighted by Crippen LogP contribution is -2.24. The summed E-state index contributed by atoms with van der Waals surface area (Å²) >= 11 is 5.36. The first-order chi connectivity index (χ1) is 9.17. The number of nitrogens with one attached hydrogen (secondary N) is 1. The van der Waals surface area contributed by atoms with Crippen LogP contribution in [-0.2, 0) is 13.5 Å². The molecule has 2 aromatic rings. The minimum absolute atomic E-state index is 0.152. The van der Waals surface area contributed by atoms with Crippen molar-refractivity contribution >= 4 is 27.3 Å². The van der Waals surface area contributed by atoms with E-state index in [9.17, 15) is 0 Å². The van der Waals surface area contributed by atoms with Gasteiger partial charge in [-0.2, -0.15) is 0 Å². The van der Waals surface area contributed by atoms with Crippen LogP contribution < -0.4 is 5.32 Å². The molecule has 0 aliphatic carbocycles. The van der Waals surface area contributed by atoms with Gasteiger partial charge in [-0.05, 0) is 47.4 Å². The van der Waals surface area contributed by atoms with Crippen LogP contribution in [0.3, 0.4) is 0 Å².